The largest absolute Gasteiger partial charge is 0.497 e. The van der Waals surface area contributed by atoms with Gasteiger partial charge in [0.1, 0.15) is 18.5 Å². The summed E-state index contributed by atoms with van der Waals surface area (Å²) in [7, 11) is 1.64. The SMILES string of the molecule is COc1ccc(CN2C3CC2CN(c2ccc(-c4cc(NCC5=CCOC=C5)cn5ncc(C#N)c45)cn2)C3)cn1. The number of nitrogens with one attached hydrogen (secondary N) is 1. The molecule has 4 aliphatic heterocycles. The van der Waals surface area contributed by atoms with E-state index < -0.39 is 0 Å². The van der Waals surface area contributed by atoms with Crippen LogP contribution in [0.25, 0.3) is 16.6 Å². The number of piperidine rings is 1. The Balaban J connectivity index is 1.08. The number of ether oxygens (including phenoxy) is 2. The van der Waals surface area contributed by atoms with Crippen LogP contribution >= 0.6 is 0 Å². The first kappa shape index (κ1) is 25.1. The summed E-state index contributed by atoms with van der Waals surface area (Å²) in [5.74, 6) is 1.62. The minimum atomic E-state index is 0.505. The normalized spacial score (nSPS) is 19.7. The molecule has 0 spiro atoms. The van der Waals surface area contributed by atoms with Crippen molar-refractivity contribution in [3.05, 3.63) is 90.2 Å². The molecule has 41 heavy (non-hydrogen) atoms. The minimum absolute atomic E-state index is 0.505. The van der Waals surface area contributed by atoms with Crippen molar-refractivity contribution in [1.82, 2.24) is 24.5 Å². The van der Waals surface area contributed by atoms with E-state index >= 15 is 0 Å². The van der Waals surface area contributed by atoms with Crippen LogP contribution in [0.3, 0.4) is 0 Å². The highest BCUT2D eigenvalue weighted by Gasteiger charge is 2.44. The predicted molar refractivity (Wildman–Crippen MR) is 156 cm³/mol. The minimum Gasteiger partial charge on any atom is -0.497 e. The third-order valence-electron chi connectivity index (χ3n) is 8.15. The van der Waals surface area contributed by atoms with Crippen LogP contribution in [0.5, 0.6) is 5.88 Å². The number of nitriles is 1. The summed E-state index contributed by atoms with van der Waals surface area (Å²) in [5, 5.41) is 17.7. The van der Waals surface area contributed by atoms with Crippen LogP contribution in [0.2, 0.25) is 0 Å². The van der Waals surface area contributed by atoms with Crippen molar-refractivity contribution in [1.29, 1.82) is 5.26 Å². The van der Waals surface area contributed by atoms with Gasteiger partial charge in [-0.3, -0.25) is 4.90 Å². The summed E-state index contributed by atoms with van der Waals surface area (Å²) in [4.78, 5) is 14.2. The molecule has 0 aromatic carbocycles. The molecular formula is C31H30N8O2. The molecule has 8 rings (SSSR count). The fourth-order valence-corrected chi connectivity index (χ4v) is 5.97. The van der Waals surface area contributed by atoms with Crippen LogP contribution in [-0.4, -0.2) is 69.9 Å². The number of methoxy groups -OCH3 is 1. The summed E-state index contributed by atoms with van der Waals surface area (Å²) >= 11 is 0. The van der Waals surface area contributed by atoms with Gasteiger partial charge in [-0.2, -0.15) is 10.4 Å². The first-order valence-corrected chi connectivity index (χ1v) is 13.8. The molecule has 4 aromatic heterocycles. The van der Waals surface area contributed by atoms with Crippen LogP contribution in [-0.2, 0) is 11.3 Å². The Morgan fingerprint density at radius 2 is 2.02 bits per heavy atom. The van der Waals surface area contributed by atoms with E-state index in [0.29, 0.717) is 36.7 Å². The third-order valence-corrected chi connectivity index (χ3v) is 8.15. The Bertz CT molecular complexity index is 1660. The van der Waals surface area contributed by atoms with Crippen molar-refractivity contribution in [3.8, 4) is 23.1 Å². The van der Waals surface area contributed by atoms with Gasteiger partial charge in [-0.05, 0) is 47.9 Å². The average Bonchev–Trinajstić information content (AvgIpc) is 3.46. The van der Waals surface area contributed by atoms with Gasteiger partial charge in [-0.1, -0.05) is 6.07 Å². The molecule has 0 saturated carbocycles. The molecule has 8 heterocycles. The Morgan fingerprint density at radius 1 is 1.12 bits per heavy atom. The topological polar surface area (TPSA) is 104 Å². The summed E-state index contributed by atoms with van der Waals surface area (Å²) < 4.78 is 12.2. The lowest BCUT2D eigenvalue weighted by Gasteiger charge is -2.56. The quantitative estimate of drug-likeness (QED) is 0.351. The van der Waals surface area contributed by atoms with Gasteiger partial charge in [0.25, 0.3) is 0 Å². The summed E-state index contributed by atoms with van der Waals surface area (Å²) in [6.07, 6.45) is 14.3. The average molecular weight is 547 g/mol. The van der Waals surface area contributed by atoms with E-state index in [0.717, 1.165) is 53.4 Å². The lowest BCUT2D eigenvalue weighted by Crippen LogP contribution is -2.68. The van der Waals surface area contributed by atoms with E-state index in [1.807, 2.05) is 30.7 Å². The van der Waals surface area contributed by atoms with Crippen molar-refractivity contribution < 1.29 is 9.47 Å². The maximum atomic E-state index is 9.74. The Hall–Kier alpha value is -4.88. The number of pyridine rings is 3. The lowest BCUT2D eigenvalue weighted by molar-refractivity contribution is -0.00876. The van der Waals surface area contributed by atoms with Crippen LogP contribution in [0, 0.1) is 11.3 Å². The van der Waals surface area contributed by atoms with E-state index in [2.05, 4.69) is 61.6 Å². The molecule has 10 nitrogen and oxygen atoms in total. The number of anilines is 2. The second-order valence-corrected chi connectivity index (χ2v) is 10.6. The van der Waals surface area contributed by atoms with E-state index in [-0.39, 0.29) is 0 Å². The Kier molecular flexibility index (Phi) is 6.49. The third kappa shape index (κ3) is 4.85. The zero-order valence-corrected chi connectivity index (χ0v) is 22.8. The van der Waals surface area contributed by atoms with Gasteiger partial charge in [0.15, 0.2) is 0 Å². The summed E-state index contributed by atoms with van der Waals surface area (Å²) in [6.45, 7) is 4.05. The van der Waals surface area contributed by atoms with Crippen LogP contribution < -0.4 is 15.0 Å². The monoisotopic (exact) mass is 546 g/mol. The van der Waals surface area contributed by atoms with E-state index in [1.165, 1.54) is 12.0 Å². The number of hydrogen-bond donors (Lipinski definition) is 1. The van der Waals surface area contributed by atoms with Crippen molar-refractivity contribution in [2.45, 2.75) is 25.0 Å². The van der Waals surface area contributed by atoms with Gasteiger partial charge in [-0.25, -0.2) is 14.5 Å². The smallest absolute Gasteiger partial charge is 0.212 e. The molecule has 0 aliphatic carbocycles. The zero-order valence-electron chi connectivity index (χ0n) is 22.8. The second kappa shape index (κ2) is 10.6. The van der Waals surface area contributed by atoms with Gasteiger partial charge in [0, 0.05) is 67.8 Å². The number of fused-ring (bicyclic) bond motifs is 3. The van der Waals surface area contributed by atoms with Crippen LogP contribution in [0.4, 0.5) is 11.5 Å². The van der Waals surface area contributed by atoms with Crippen molar-refractivity contribution in [2.24, 2.45) is 0 Å². The predicted octanol–water partition coefficient (Wildman–Crippen LogP) is 4.02. The first-order chi connectivity index (χ1) is 20.2. The van der Waals surface area contributed by atoms with Crippen molar-refractivity contribution in [2.75, 3.05) is 43.6 Å². The summed E-state index contributed by atoms with van der Waals surface area (Å²) in [5.41, 5.74) is 6.45. The van der Waals surface area contributed by atoms with Gasteiger partial charge < -0.3 is 19.7 Å². The number of rotatable bonds is 8. The van der Waals surface area contributed by atoms with Gasteiger partial charge in [-0.15, -0.1) is 0 Å². The van der Waals surface area contributed by atoms with E-state index in [9.17, 15) is 5.26 Å². The maximum Gasteiger partial charge on any atom is 0.212 e. The highest BCUT2D eigenvalue weighted by molar-refractivity contribution is 5.86. The van der Waals surface area contributed by atoms with E-state index in [4.69, 9.17) is 14.5 Å². The van der Waals surface area contributed by atoms with Gasteiger partial charge >= 0.3 is 0 Å². The van der Waals surface area contributed by atoms with Crippen molar-refractivity contribution >= 4 is 17.0 Å². The molecule has 3 fully saturated rings. The number of nitrogens with zero attached hydrogens (tertiary/aromatic N) is 7. The van der Waals surface area contributed by atoms with Crippen LogP contribution in [0.1, 0.15) is 17.5 Å². The van der Waals surface area contributed by atoms with Crippen molar-refractivity contribution in [3.63, 3.8) is 0 Å². The fourth-order valence-electron chi connectivity index (χ4n) is 5.97. The Morgan fingerprint density at radius 3 is 2.73 bits per heavy atom. The van der Waals surface area contributed by atoms with Gasteiger partial charge in [0.05, 0.1) is 42.5 Å². The summed E-state index contributed by atoms with van der Waals surface area (Å²) in [6, 6.07) is 13.6. The molecular weight excluding hydrogens is 516 g/mol. The fraction of sp³-hybridized carbons (Fsp3) is 0.290. The number of hydrogen-bond acceptors (Lipinski definition) is 9. The molecule has 0 radical (unpaired) electrons. The number of aromatic nitrogens is 4. The van der Waals surface area contributed by atoms with E-state index in [1.54, 1.807) is 24.1 Å². The first-order valence-electron chi connectivity index (χ1n) is 13.8. The Labute approximate surface area is 238 Å². The van der Waals surface area contributed by atoms with Crippen LogP contribution in [0.15, 0.2) is 79.1 Å². The highest BCUT2D eigenvalue weighted by Crippen LogP contribution is 2.36. The molecule has 2 bridgehead atoms. The zero-order chi connectivity index (χ0) is 27.8. The van der Waals surface area contributed by atoms with Gasteiger partial charge in [0.2, 0.25) is 5.88 Å². The highest BCUT2D eigenvalue weighted by atomic mass is 16.5. The molecule has 2 unspecified atom stereocenters. The molecule has 4 aliphatic rings. The standard InChI is InChI=1S/C31H30N8O2/c1-40-30-5-2-22(14-35-30)17-38-26-11-27(38)20-37(19-26)29-4-3-23(15-34-29)28-10-25(33-13-21-6-8-41-9-7-21)18-39-31(28)24(12-32)16-36-39/h2-8,10,14-16,18,26-27,33H,9,11,13,17,19-20H2,1H3. The molecule has 206 valence electrons. The molecule has 10 heteroatoms. The molecule has 0 amide bonds. The molecule has 1 N–H and O–H groups in total. The molecule has 3 saturated heterocycles. The molecule has 4 aromatic rings. The lowest BCUT2D eigenvalue weighted by atomic mass is 9.87. The maximum absolute atomic E-state index is 9.74. The molecule has 2 atom stereocenters. The second-order valence-electron chi connectivity index (χ2n) is 10.6. The number of piperazine rings is 1.